The minimum Gasteiger partial charge on any atom is -0.494 e. The fourth-order valence-corrected chi connectivity index (χ4v) is 2.06. The molecule has 2 nitrogen and oxygen atoms in total. The van der Waals surface area contributed by atoms with Gasteiger partial charge in [-0.25, -0.2) is 4.39 Å². The van der Waals surface area contributed by atoms with Crippen molar-refractivity contribution in [1.82, 2.24) is 5.32 Å². The van der Waals surface area contributed by atoms with Crippen molar-refractivity contribution in [3.8, 4) is 16.9 Å². The Balaban J connectivity index is 2.24. The fraction of sp³-hybridized carbons (Fsp3) is 0.294. The summed E-state index contributed by atoms with van der Waals surface area (Å²) >= 11 is 0. The van der Waals surface area contributed by atoms with E-state index in [1.54, 1.807) is 6.07 Å². The number of benzene rings is 2. The molecule has 0 amide bonds. The number of rotatable bonds is 6. The van der Waals surface area contributed by atoms with Crippen LogP contribution in [0.15, 0.2) is 42.5 Å². The van der Waals surface area contributed by atoms with Gasteiger partial charge in [-0.05, 0) is 48.9 Å². The van der Waals surface area contributed by atoms with Gasteiger partial charge < -0.3 is 10.1 Å². The first-order valence-electron chi connectivity index (χ1n) is 6.91. The maximum absolute atomic E-state index is 13.9. The van der Waals surface area contributed by atoms with Crippen molar-refractivity contribution in [2.75, 3.05) is 13.7 Å². The Labute approximate surface area is 119 Å². The van der Waals surface area contributed by atoms with Crippen LogP contribution >= 0.6 is 0 Å². The van der Waals surface area contributed by atoms with Gasteiger partial charge in [0.2, 0.25) is 0 Å². The molecule has 0 bridgehead atoms. The molecule has 106 valence electrons. The van der Waals surface area contributed by atoms with Gasteiger partial charge in [-0.2, -0.15) is 0 Å². The summed E-state index contributed by atoms with van der Waals surface area (Å²) in [5.74, 6) is 0.620. The first kappa shape index (κ1) is 14.5. The SMILES string of the molecule is CCCOc1ccc(-c2cc(CNC)ccc2F)cc1. The largest absolute Gasteiger partial charge is 0.494 e. The highest BCUT2D eigenvalue weighted by molar-refractivity contribution is 5.65. The second kappa shape index (κ2) is 7.06. The molecule has 0 unspecified atom stereocenters. The summed E-state index contributed by atoms with van der Waals surface area (Å²) in [5, 5.41) is 3.07. The van der Waals surface area contributed by atoms with Gasteiger partial charge in [0.1, 0.15) is 11.6 Å². The summed E-state index contributed by atoms with van der Waals surface area (Å²) in [4.78, 5) is 0. The predicted octanol–water partition coefficient (Wildman–Crippen LogP) is 4.00. The minimum atomic E-state index is -0.202. The Kier molecular flexibility index (Phi) is 5.13. The highest BCUT2D eigenvalue weighted by atomic mass is 19.1. The van der Waals surface area contributed by atoms with E-state index in [9.17, 15) is 4.39 Å². The van der Waals surface area contributed by atoms with Crippen LogP contribution in [0.5, 0.6) is 5.75 Å². The normalized spacial score (nSPS) is 10.6. The molecule has 1 N–H and O–H groups in total. The molecule has 0 saturated carbocycles. The average molecular weight is 273 g/mol. The van der Waals surface area contributed by atoms with Gasteiger partial charge in [0.25, 0.3) is 0 Å². The summed E-state index contributed by atoms with van der Waals surface area (Å²) in [5.41, 5.74) is 2.55. The molecular formula is C17H20FNO. The maximum atomic E-state index is 13.9. The quantitative estimate of drug-likeness (QED) is 0.859. The highest BCUT2D eigenvalue weighted by Crippen LogP contribution is 2.26. The van der Waals surface area contributed by atoms with Crippen LogP contribution in [0, 0.1) is 5.82 Å². The van der Waals surface area contributed by atoms with E-state index in [-0.39, 0.29) is 5.82 Å². The van der Waals surface area contributed by atoms with Crippen molar-refractivity contribution < 1.29 is 9.13 Å². The van der Waals surface area contributed by atoms with Crippen molar-refractivity contribution in [3.63, 3.8) is 0 Å². The fourth-order valence-electron chi connectivity index (χ4n) is 2.06. The van der Waals surface area contributed by atoms with Crippen molar-refractivity contribution in [2.24, 2.45) is 0 Å². The van der Waals surface area contributed by atoms with Gasteiger partial charge >= 0.3 is 0 Å². The van der Waals surface area contributed by atoms with Crippen LogP contribution in [-0.2, 0) is 6.54 Å². The smallest absolute Gasteiger partial charge is 0.131 e. The zero-order valence-electron chi connectivity index (χ0n) is 11.9. The van der Waals surface area contributed by atoms with Crippen LogP contribution in [-0.4, -0.2) is 13.7 Å². The molecule has 0 saturated heterocycles. The maximum Gasteiger partial charge on any atom is 0.131 e. The highest BCUT2D eigenvalue weighted by Gasteiger charge is 2.06. The molecule has 2 aromatic carbocycles. The van der Waals surface area contributed by atoms with E-state index >= 15 is 0 Å². The monoisotopic (exact) mass is 273 g/mol. The summed E-state index contributed by atoms with van der Waals surface area (Å²) in [6.07, 6.45) is 0.975. The standard InChI is InChI=1S/C17H20FNO/c1-3-10-20-15-7-5-14(6-8-15)16-11-13(12-19-2)4-9-17(16)18/h4-9,11,19H,3,10,12H2,1-2H3. The van der Waals surface area contributed by atoms with E-state index in [4.69, 9.17) is 4.74 Å². The van der Waals surface area contributed by atoms with E-state index < -0.39 is 0 Å². The molecule has 2 aromatic rings. The Morgan fingerprint density at radius 3 is 2.50 bits per heavy atom. The molecule has 0 atom stereocenters. The van der Waals surface area contributed by atoms with Gasteiger partial charge in [0, 0.05) is 12.1 Å². The van der Waals surface area contributed by atoms with Crippen LogP contribution < -0.4 is 10.1 Å². The van der Waals surface area contributed by atoms with E-state index in [2.05, 4.69) is 12.2 Å². The molecular weight excluding hydrogens is 253 g/mol. The van der Waals surface area contributed by atoms with Gasteiger partial charge in [0.15, 0.2) is 0 Å². The number of hydrogen-bond acceptors (Lipinski definition) is 2. The van der Waals surface area contributed by atoms with E-state index in [0.29, 0.717) is 12.2 Å². The first-order chi connectivity index (χ1) is 9.74. The van der Waals surface area contributed by atoms with Gasteiger partial charge in [-0.3, -0.25) is 0 Å². The second-order valence-corrected chi connectivity index (χ2v) is 4.72. The number of ether oxygens (including phenoxy) is 1. The molecule has 0 fully saturated rings. The van der Waals surface area contributed by atoms with Crippen molar-refractivity contribution in [2.45, 2.75) is 19.9 Å². The lowest BCUT2D eigenvalue weighted by molar-refractivity contribution is 0.317. The van der Waals surface area contributed by atoms with Crippen LogP contribution in [0.3, 0.4) is 0 Å². The number of halogens is 1. The van der Waals surface area contributed by atoms with Crippen LogP contribution in [0.1, 0.15) is 18.9 Å². The number of hydrogen-bond donors (Lipinski definition) is 1. The lowest BCUT2D eigenvalue weighted by atomic mass is 10.0. The summed E-state index contributed by atoms with van der Waals surface area (Å²) in [7, 11) is 1.88. The lowest BCUT2D eigenvalue weighted by Crippen LogP contribution is -2.05. The summed E-state index contributed by atoms with van der Waals surface area (Å²) < 4.78 is 19.5. The first-order valence-corrected chi connectivity index (χ1v) is 6.91. The topological polar surface area (TPSA) is 21.3 Å². The molecule has 20 heavy (non-hydrogen) atoms. The van der Waals surface area contributed by atoms with E-state index in [0.717, 1.165) is 29.8 Å². The van der Waals surface area contributed by atoms with Crippen LogP contribution in [0.4, 0.5) is 4.39 Å². The Bertz CT molecular complexity index is 551. The van der Waals surface area contributed by atoms with Crippen molar-refractivity contribution in [1.29, 1.82) is 0 Å². The zero-order valence-corrected chi connectivity index (χ0v) is 11.9. The molecule has 0 heterocycles. The lowest BCUT2D eigenvalue weighted by Gasteiger charge is -2.09. The third-order valence-corrected chi connectivity index (χ3v) is 3.05. The minimum absolute atomic E-state index is 0.202. The van der Waals surface area contributed by atoms with Crippen LogP contribution in [0.2, 0.25) is 0 Å². The second-order valence-electron chi connectivity index (χ2n) is 4.72. The molecule has 0 aliphatic rings. The summed E-state index contributed by atoms with van der Waals surface area (Å²) in [6.45, 7) is 3.49. The molecule has 0 spiro atoms. The Morgan fingerprint density at radius 1 is 1.10 bits per heavy atom. The van der Waals surface area contributed by atoms with Crippen molar-refractivity contribution in [3.05, 3.63) is 53.8 Å². The molecule has 0 aliphatic heterocycles. The Morgan fingerprint density at radius 2 is 1.85 bits per heavy atom. The van der Waals surface area contributed by atoms with Crippen molar-refractivity contribution >= 4 is 0 Å². The van der Waals surface area contributed by atoms with Crippen LogP contribution in [0.25, 0.3) is 11.1 Å². The average Bonchev–Trinajstić information content (AvgIpc) is 2.48. The molecule has 0 radical (unpaired) electrons. The molecule has 0 aromatic heterocycles. The molecule has 3 heteroatoms. The van der Waals surface area contributed by atoms with Gasteiger partial charge in [0.05, 0.1) is 6.61 Å². The third-order valence-electron chi connectivity index (χ3n) is 3.05. The van der Waals surface area contributed by atoms with E-state index in [1.165, 1.54) is 6.07 Å². The summed E-state index contributed by atoms with van der Waals surface area (Å²) in [6, 6.07) is 12.8. The van der Waals surface area contributed by atoms with Gasteiger partial charge in [-0.1, -0.05) is 25.1 Å². The predicted molar refractivity (Wildman–Crippen MR) is 80.4 cm³/mol. The third kappa shape index (κ3) is 3.58. The Hall–Kier alpha value is -1.87. The number of nitrogens with one attached hydrogen (secondary N) is 1. The van der Waals surface area contributed by atoms with Gasteiger partial charge in [-0.15, -0.1) is 0 Å². The molecule has 2 rings (SSSR count). The zero-order chi connectivity index (χ0) is 14.4. The molecule has 0 aliphatic carbocycles. The van der Waals surface area contributed by atoms with E-state index in [1.807, 2.05) is 37.4 Å².